The van der Waals surface area contributed by atoms with Crippen molar-refractivity contribution in [2.24, 2.45) is 0 Å². The van der Waals surface area contributed by atoms with E-state index in [1.54, 1.807) is 26.2 Å². The normalized spacial score (nSPS) is 16.7. The molecule has 1 atom stereocenters. The van der Waals surface area contributed by atoms with E-state index in [1.807, 2.05) is 36.9 Å². The molecule has 1 aromatic rings. The molecule has 27 heavy (non-hydrogen) atoms. The number of likely N-dealkylation sites (N-methyl/N-ethyl adjacent to an activating group) is 1. The summed E-state index contributed by atoms with van der Waals surface area (Å²) in [6, 6.07) is 5.71. The number of benzene rings is 1. The highest BCUT2D eigenvalue weighted by molar-refractivity contribution is 5.81. The Morgan fingerprint density at radius 3 is 2.63 bits per heavy atom. The van der Waals surface area contributed by atoms with Crippen molar-refractivity contribution in [3.63, 3.8) is 0 Å². The minimum absolute atomic E-state index is 0.0159. The third-order valence-electron chi connectivity index (χ3n) is 4.64. The van der Waals surface area contributed by atoms with Crippen LogP contribution in [0.5, 0.6) is 11.5 Å². The number of rotatable bonds is 8. The van der Waals surface area contributed by atoms with E-state index in [0.29, 0.717) is 6.54 Å². The van der Waals surface area contributed by atoms with E-state index in [-0.39, 0.29) is 37.0 Å². The Kier molecular flexibility index (Phi) is 7.47. The third kappa shape index (κ3) is 5.60. The molecule has 0 bridgehead atoms. The summed E-state index contributed by atoms with van der Waals surface area (Å²) < 4.78 is 10.8. The van der Waals surface area contributed by atoms with Gasteiger partial charge >= 0.3 is 0 Å². The van der Waals surface area contributed by atoms with Crippen molar-refractivity contribution in [1.29, 1.82) is 0 Å². The molecule has 0 spiro atoms. The molecule has 0 aliphatic carbocycles. The molecule has 1 heterocycles. The molecule has 0 saturated carbocycles. The number of carbonyl (C=O) groups excluding carboxylic acids is 2. The molecule has 1 aliphatic heterocycles. The molecule has 1 N–H and O–H groups in total. The second-order valence-corrected chi connectivity index (χ2v) is 7.25. The summed E-state index contributed by atoms with van der Waals surface area (Å²) in [7, 11) is 5.04. The van der Waals surface area contributed by atoms with Crippen LogP contribution in [0.3, 0.4) is 0 Å². The van der Waals surface area contributed by atoms with Crippen LogP contribution >= 0.6 is 0 Å². The van der Waals surface area contributed by atoms with E-state index in [0.717, 1.165) is 29.9 Å². The van der Waals surface area contributed by atoms with Gasteiger partial charge in [0.15, 0.2) is 0 Å². The van der Waals surface area contributed by atoms with Crippen molar-refractivity contribution in [2.45, 2.75) is 38.8 Å². The van der Waals surface area contributed by atoms with Crippen LogP contribution in [0.2, 0.25) is 0 Å². The SMILES string of the molecule is COc1ccc(OC)c([C@@H]2CCCN2C(=O)CN(C)CC(=O)NC(C)C)c1. The third-order valence-corrected chi connectivity index (χ3v) is 4.64. The number of likely N-dealkylation sites (tertiary alicyclic amines) is 1. The maximum absolute atomic E-state index is 12.9. The fraction of sp³-hybridized carbons (Fsp3) is 0.600. The quantitative estimate of drug-likeness (QED) is 0.748. The Hall–Kier alpha value is -2.28. The standard InChI is InChI=1S/C20H31N3O4/c1-14(2)21-19(24)12-22(3)13-20(25)23-10-6-7-17(23)16-11-15(26-4)8-9-18(16)27-5/h8-9,11,14,17H,6-7,10,12-13H2,1-5H3,(H,21,24)/t17-/m0/s1. The summed E-state index contributed by atoms with van der Waals surface area (Å²) >= 11 is 0. The molecule has 2 rings (SSSR count). The Balaban J connectivity index is 2.07. The molecular formula is C20H31N3O4. The first-order valence-corrected chi connectivity index (χ1v) is 9.35. The Morgan fingerprint density at radius 2 is 2.00 bits per heavy atom. The van der Waals surface area contributed by atoms with Crippen LogP contribution in [0.1, 0.15) is 38.3 Å². The summed E-state index contributed by atoms with van der Waals surface area (Å²) in [6.45, 7) is 4.94. The van der Waals surface area contributed by atoms with Gasteiger partial charge in [-0.1, -0.05) is 0 Å². The van der Waals surface area contributed by atoms with Crippen LogP contribution in [0.25, 0.3) is 0 Å². The van der Waals surface area contributed by atoms with Crippen molar-refractivity contribution >= 4 is 11.8 Å². The van der Waals surface area contributed by atoms with E-state index >= 15 is 0 Å². The number of ether oxygens (including phenoxy) is 2. The van der Waals surface area contributed by atoms with Gasteiger partial charge in [0.1, 0.15) is 11.5 Å². The van der Waals surface area contributed by atoms with Crippen LogP contribution < -0.4 is 14.8 Å². The van der Waals surface area contributed by atoms with Crippen molar-refractivity contribution in [3.8, 4) is 11.5 Å². The number of methoxy groups -OCH3 is 2. The van der Waals surface area contributed by atoms with Crippen molar-refractivity contribution < 1.29 is 19.1 Å². The molecule has 150 valence electrons. The fourth-order valence-electron chi connectivity index (χ4n) is 3.48. The van der Waals surface area contributed by atoms with Gasteiger partial charge in [0, 0.05) is 18.2 Å². The van der Waals surface area contributed by atoms with Gasteiger partial charge in [0.05, 0.1) is 33.4 Å². The molecule has 0 unspecified atom stereocenters. The maximum atomic E-state index is 12.9. The summed E-state index contributed by atoms with van der Waals surface area (Å²) in [5.41, 5.74) is 0.961. The number of nitrogens with one attached hydrogen (secondary N) is 1. The lowest BCUT2D eigenvalue weighted by Gasteiger charge is -2.28. The summed E-state index contributed by atoms with van der Waals surface area (Å²) in [4.78, 5) is 28.4. The van der Waals surface area contributed by atoms with Gasteiger partial charge in [0.2, 0.25) is 11.8 Å². The average Bonchev–Trinajstić information content (AvgIpc) is 3.09. The topological polar surface area (TPSA) is 71.1 Å². The molecule has 7 heteroatoms. The lowest BCUT2D eigenvalue weighted by molar-refractivity contribution is -0.133. The first-order valence-electron chi connectivity index (χ1n) is 9.35. The second-order valence-electron chi connectivity index (χ2n) is 7.25. The molecular weight excluding hydrogens is 346 g/mol. The first kappa shape index (κ1) is 21.0. The second kappa shape index (κ2) is 9.60. The Morgan fingerprint density at radius 1 is 1.26 bits per heavy atom. The van der Waals surface area contributed by atoms with Crippen LogP contribution in [0.15, 0.2) is 18.2 Å². The summed E-state index contributed by atoms with van der Waals surface area (Å²) in [6.07, 6.45) is 1.82. The average molecular weight is 377 g/mol. The highest BCUT2D eigenvalue weighted by atomic mass is 16.5. The molecule has 1 fully saturated rings. The molecule has 1 saturated heterocycles. The van der Waals surface area contributed by atoms with Crippen molar-refractivity contribution in [3.05, 3.63) is 23.8 Å². The van der Waals surface area contributed by atoms with Crippen LogP contribution in [0, 0.1) is 0 Å². The minimum atomic E-state index is -0.0762. The van der Waals surface area contributed by atoms with Gasteiger partial charge in [-0.05, 0) is 51.9 Å². The largest absolute Gasteiger partial charge is 0.497 e. The zero-order chi connectivity index (χ0) is 20.0. The number of carbonyl (C=O) groups is 2. The maximum Gasteiger partial charge on any atom is 0.237 e. The fourth-order valence-corrected chi connectivity index (χ4v) is 3.48. The lowest BCUT2D eigenvalue weighted by Crippen LogP contribution is -2.43. The van der Waals surface area contributed by atoms with Crippen LogP contribution in [-0.4, -0.2) is 68.6 Å². The van der Waals surface area contributed by atoms with Crippen molar-refractivity contribution in [2.75, 3.05) is 40.9 Å². The lowest BCUT2D eigenvalue weighted by atomic mass is 10.0. The number of amides is 2. The number of hydrogen-bond acceptors (Lipinski definition) is 5. The molecule has 1 aromatic carbocycles. The molecule has 1 aliphatic rings. The molecule has 0 radical (unpaired) electrons. The predicted octanol–water partition coefficient (Wildman–Crippen LogP) is 1.82. The molecule has 2 amide bonds. The zero-order valence-electron chi connectivity index (χ0n) is 16.9. The summed E-state index contributed by atoms with van der Waals surface area (Å²) in [5.74, 6) is 1.44. The number of hydrogen-bond donors (Lipinski definition) is 1. The predicted molar refractivity (Wildman–Crippen MR) is 104 cm³/mol. The highest BCUT2D eigenvalue weighted by Gasteiger charge is 2.32. The van der Waals surface area contributed by atoms with E-state index in [2.05, 4.69) is 5.32 Å². The molecule has 7 nitrogen and oxygen atoms in total. The van der Waals surface area contributed by atoms with Gasteiger partial charge in [0.25, 0.3) is 0 Å². The van der Waals surface area contributed by atoms with Gasteiger partial charge in [-0.15, -0.1) is 0 Å². The summed E-state index contributed by atoms with van der Waals surface area (Å²) in [5, 5.41) is 2.84. The van der Waals surface area contributed by atoms with E-state index in [1.165, 1.54) is 0 Å². The van der Waals surface area contributed by atoms with E-state index in [9.17, 15) is 9.59 Å². The van der Waals surface area contributed by atoms with Gasteiger partial charge in [-0.2, -0.15) is 0 Å². The minimum Gasteiger partial charge on any atom is -0.497 e. The van der Waals surface area contributed by atoms with E-state index < -0.39 is 0 Å². The number of nitrogens with zero attached hydrogens (tertiary/aromatic N) is 2. The molecule has 0 aromatic heterocycles. The highest BCUT2D eigenvalue weighted by Crippen LogP contribution is 2.38. The van der Waals surface area contributed by atoms with Gasteiger partial charge in [-0.25, -0.2) is 0 Å². The van der Waals surface area contributed by atoms with Crippen LogP contribution in [0.4, 0.5) is 0 Å². The monoisotopic (exact) mass is 377 g/mol. The first-order chi connectivity index (χ1) is 12.8. The van der Waals surface area contributed by atoms with Crippen molar-refractivity contribution in [1.82, 2.24) is 15.1 Å². The van der Waals surface area contributed by atoms with Crippen LogP contribution in [-0.2, 0) is 9.59 Å². The van der Waals surface area contributed by atoms with Gasteiger partial charge < -0.3 is 19.7 Å². The van der Waals surface area contributed by atoms with E-state index in [4.69, 9.17) is 9.47 Å². The zero-order valence-corrected chi connectivity index (χ0v) is 16.9. The Labute approximate surface area is 161 Å². The Bertz CT molecular complexity index is 663. The van der Waals surface area contributed by atoms with Gasteiger partial charge in [-0.3, -0.25) is 14.5 Å². The smallest absolute Gasteiger partial charge is 0.237 e.